The fraction of sp³-hybridized carbons (Fsp3) is 0.263. The first-order chi connectivity index (χ1) is 12.8. The van der Waals surface area contributed by atoms with Gasteiger partial charge < -0.3 is 24.6 Å². The van der Waals surface area contributed by atoms with Crippen LogP contribution in [0.4, 0.5) is 5.69 Å². The molecule has 1 aliphatic heterocycles. The number of ether oxygens (including phenoxy) is 3. The van der Waals surface area contributed by atoms with E-state index in [1.165, 1.54) is 27.4 Å². The third-order valence-electron chi connectivity index (χ3n) is 4.47. The van der Waals surface area contributed by atoms with Crippen molar-refractivity contribution in [3.63, 3.8) is 0 Å². The lowest BCUT2D eigenvalue weighted by Gasteiger charge is -2.21. The molecular weight excluding hydrogens is 418 g/mol. The Labute approximate surface area is 164 Å². The van der Waals surface area contributed by atoms with E-state index in [0.717, 1.165) is 0 Å². The summed E-state index contributed by atoms with van der Waals surface area (Å²) >= 11 is 3.32. The number of Topliss-reactive ketones (excluding diaryl/α,β-unsaturated/α-hetero) is 1. The second-order valence-electron chi connectivity index (χ2n) is 5.99. The lowest BCUT2D eigenvalue weighted by Crippen LogP contribution is -2.36. The molecule has 0 saturated carbocycles. The van der Waals surface area contributed by atoms with Crippen molar-refractivity contribution >= 4 is 33.3 Å². The van der Waals surface area contributed by atoms with Crippen molar-refractivity contribution in [1.29, 1.82) is 0 Å². The first-order valence-corrected chi connectivity index (χ1v) is 8.81. The molecule has 0 bridgehead atoms. The summed E-state index contributed by atoms with van der Waals surface area (Å²) in [7, 11) is 4.30. The topological polar surface area (TPSA) is 94.1 Å². The molecule has 0 unspecified atom stereocenters. The van der Waals surface area contributed by atoms with E-state index in [-0.39, 0.29) is 17.1 Å². The highest BCUT2D eigenvalue weighted by Gasteiger charge is 2.47. The maximum Gasteiger partial charge on any atom is 0.261 e. The summed E-state index contributed by atoms with van der Waals surface area (Å²) < 4.78 is 16.5. The molecule has 1 amide bonds. The summed E-state index contributed by atoms with van der Waals surface area (Å²) in [6.07, 6.45) is -0.450. The van der Waals surface area contributed by atoms with Gasteiger partial charge in [-0.25, -0.2) is 0 Å². The van der Waals surface area contributed by atoms with Gasteiger partial charge in [-0.1, -0.05) is 15.9 Å². The zero-order chi connectivity index (χ0) is 19.8. The summed E-state index contributed by atoms with van der Waals surface area (Å²) in [6, 6.07) is 8.10. The van der Waals surface area contributed by atoms with Crippen molar-refractivity contribution in [2.75, 3.05) is 26.6 Å². The Morgan fingerprint density at radius 1 is 1.11 bits per heavy atom. The molecule has 1 heterocycles. The van der Waals surface area contributed by atoms with Crippen LogP contribution in [0.1, 0.15) is 22.3 Å². The van der Waals surface area contributed by atoms with Crippen LogP contribution in [0, 0.1) is 0 Å². The van der Waals surface area contributed by atoms with Crippen molar-refractivity contribution in [3.8, 4) is 17.2 Å². The average molecular weight is 436 g/mol. The molecule has 0 aliphatic carbocycles. The lowest BCUT2D eigenvalue weighted by molar-refractivity contribution is -0.133. The Kier molecular flexibility index (Phi) is 5.12. The maximum absolute atomic E-state index is 13.0. The second-order valence-corrected chi connectivity index (χ2v) is 6.90. The van der Waals surface area contributed by atoms with E-state index in [0.29, 0.717) is 21.5 Å². The van der Waals surface area contributed by atoms with E-state index in [9.17, 15) is 14.7 Å². The molecule has 2 aromatic rings. The molecule has 7 nitrogen and oxygen atoms in total. The Morgan fingerprint density at radius 2 is 1.81 bits per heavy atom. The Hall–Kier alpha value is -2.58. The van der Waals surface area contributed by atoms with E-state index in [4.69, 9.17) is 14.2 Å². The number of carbonyl (C=O) groups is 2. The highest BCUT2D eigenvalue weighted by Crippen LogP contribution is 2.43. The average Bonchev–Trinajstić information content (AvgIpc) is 2.90. The SMILES string of the molecule is COc1ccc(C(=O)C[C@@]2(O)C(=O)Nc3ccc(Br)cc32)c(OC)c1OC. The molecule has 0 radical (unpaired) electrons. The number of rotatable bonds is 6. The molecule has 1 aliphatic rings. The number of carbonyl (C=O) groups excluding carboxylic acids is 2. The van der Waals surface area contributed by atoms with Gasteiger partial charge in [-0.3, -0.25) is 9.59 Å². The van der Waals surface area contributed by atoms with E-state index in [1.54, 1.807) is 24.3 Å². The number of anilines is 1. The minimum Gasteiger partial charge on any atom is -0.493 e. The summed E-state index contributed by atoms with van der Waals surface area (Å²) in [5.41, 5.74) is -0.985. The second kappa shape index (κ2) is 7.21. The molecule has 2 aromatic carbocycles. The molecule has 1 atom stereocenters. The Bertz CT molecular complexity index is 929. The predicted octanol–water partition coefficient (Wildman–Crippen LogP) is 2.89. The maximum atomic E-state index is 13.0. The van der Waals surface area contributed by atoms with E-state index in [1.807, 2.05) is 0 Å². The molecule has 0 spiro atoms. The molecule has 0 fully saturated rings. The quantitative estimate of drug-likeness (QED) is 0.677. The minimum atomic E-state index is -1.98. The monoisotopic (exact) mass is 435 g/mol. The Morgan fingerprint density at radius 3 is 2.44 bits per heavy atom. The summed E-state index contributed by atoms with van der Waals surface area (Å²) in [5.74, 6) is -0.283. The number of aliphatic hydroxyl groups is 1. The van der Waals surface area contributed by atoms with Crippen LogP contribution in [0.25, 0.3) is 0 Å². The van der Waals surface area contributed by atoms with Crippen LogP contribution >= 0.6 is 15.9 Å². The number of halogens is 1. The summed E-state index contributed by atoms with van der Waals surface area (Å²) in [5, 5.41) is 13.6. The molecule has 0 aromatic heterocycles. The number of hydrogen-bond donors (Lipinski definition) is 2. The molecule has 2 N–H and O–H groups in total. The first kappa shape index (κ1) is 19.2. The number of ketones is 1. The number of hydrogen-bond acceptors (Lipinski definition) is 6. The smallest absolute Gasteiger partial charge is 0.261 e. The van der Waals surface area contributed by atoms with Gasteiger partial charge in [0, 0.05) is 15.7 Å². The van der Waals surface area contributed by atoms with Gasteiger partial charge in [0.1, 0.15) is 0 Å². The van der Waals surface area contributed by atoms with Gasteiger partial charge >= 0.3 is 0 Å². The van der Waals surface area contributed by atoms with Gasteiger partial charge in [-0.2, -0.15) is 0 Å². The van der Waals surface area contributed by atoms with Gasteiger partial charge in [0.2, 0.25) is 5.75 Å². The van der Waals surface area contributed by atoms with Gasteiger partial charge in [0.05, 0.1) is 33.3 Å². The Balaban J connectivity index is 2.02. The highest BCUT2D eigenvalue weighted by molar-refractivity contribution is 9.10. The number of benzene rings is 2. The van der Waals surface area contributed by atoms with E-state index >= 15 is 0 Å². The van der Waals surface area contributed by atoms with Crippen LogP contribution in [-0.2, 0) is 10.4 Å². The summed E-state index contributed by atoms with van der Waals surface area (Å²) in [4.78, 5) is 25.4. The number of amides is 1. The number of nitrogens with one attached hydrogen (secondary N) is 1. The van der Waals surface area contributed by atoms with E-state index in [2.05, 4.69) is 21.2 Å². The van der Waals surface area contributed by atoms with Crippen LogP contribution in [-0.4, -0.2) is 38.1 Å². The van der Waals surface area contributed by atoms with Crippen molar-refractivity contribution in [2.24, 2.45) is 0 Å². The third kappa shape index (κ3) is 3.15. The normalized spacial score (nSPS) is 17.9. The molecule has 142 valence electrons. The lowest BCUT2D eigenvalue weighted by atomic mass is 9.88. The highest BCUT2D eigenvalue weighted by atomic mass is 79.9. The summed E-state index contributed by atoms with van der Waals surface area (Å²) in [6.45, 7) is 0. The molecule has 8 heteroatoms. The fourth-order valence-electron chi connectivity index (χ4n) is 3.14. The van der Waals surface area contributed by atoms with Gasteiger partial charge in [0.25, 0.3) is 5.91 Å². The van der Waals surface area contributed by atoms with Crippen LogP contribution in [0.15, 0.2) is 34.8 Å². The van der Waals surface area contributed by atoms with Crippen LogP contribution < -0.4 is 19.5 Å². The van der Waals surface area contributed by atoms with E-state index < -0.39 is 23.7 Å². The third-order valence-corrected chi connectivity index (χ3v) is 4.97. The molecular formula is C19H18BrNO6. The van der Waals surface area contributed by atoms with Gasteiger partial charge in [-0.15, -0.1) is 0 Å². The van der Waals surface area contributed by atoms with Crippen molar-refractivity contribution in [2.45, 2.75) is 12.0 Å². The zero-order valence-electron chi connectivity index (χ0n) is 15.0. The van der Waals surface area contributed by atoms with Crippen LogP contribution in [0.5, 0.6) is 17.2 Å². The predicted molar refractivity (Wildman–Crippen MR) is 102 cm³/mol. The fourth-order valence-corrected chi connectivity index (χ4v) is 3.50. The van der Waals surface area contributed by atoms with Crippen molar-refractivity contribution < 1.29 is 28.9 Å². The molecule has 0 saturated heterocycles. The molecule has 27 heavy (non-hydrogen) atoms. The first-order valence-electron chi connectivity index (χ1n) is 8.01. The van der Waals surface area contributed by atoms with Gasteiger partial charge in [-0.05, 0) is 30.3 Å². The van der Waals surface area contributed by atoms with Crippen molar-refractivity contribution in [3.05, 3.63) is 45.9 Å². The van der Waals surface area contributed by atoms with Crippen LogP contribution in [0.2, 0.25) is 0 Å². The standard InChI is InChI=1S/C19H18BrNO6/c1-25-15-7-5-11(16(26-2)17(15)27-3)14(22)9-19(24)12-8-10(20)4-6-13(12)21-18(19)23/h4-8,24H,9H2,1-3H3,(H,21,23)/t19-/m0/s1. The number of methoxy groups -OCH3 is 3. The van der Waals surface area contributed by atoms with Crippen molar-refractivity contribution in [1.82, 2.24) is 0 Å². The van der Waals surface area contributed by atoms with Crippen LogP contribution in [0.3, 0.4) is 0 Å². The zero-order valence-corrected chi connectivity index (χ0v) is 16.5. The van der Waals surface area contributed by atoms with Gasteiger partial charge in [0.15, 0.2) is 22.9 Å². The number of fused-ring (bicyclic) bond motifs is 1. The minimum absolute atomic E-state index is 0.179. The largest absolute Gasteiger partial charge is 0.493 e. The molecule has 3 rings (SSSR count).